The van der Waals surface area contributed by atoms with Gasteiger partial charge in [0.05, 0.1) is 29.5 Å². The second-order valence-corrected chi connectivity index (χ2v) is 10.8. The molecule has 0 radical (unpaired) electrons. The molecule has 1 aliphatic rings. The molecule has 0 bridgehead atoms. The topological polar surface area (TPSA) is 76.5 Å². The molecule has 2 amide bonds. The fourth-order valence-electron chi connectivity index (χ4n) is 4.73. The van der Waals surface area contributed by atoms with E-state index < -0.39 is 5.25 Å². The molecule has 7 nitrogen and oxygen atoms in total. The van der Waals surface area contributed by atoms with E-state index in [0.29, 0.717) is 22.9 Å². The summed E-state index contributed by atoms with van der Waals surface area (Å²) in [6, 6.07) is 23.5. The number of nitrogens with one attached hydrogen (secondary N) is 1. The van der Waals surface area contributed by atoms with Gasteiger partial charge in [-0.2, -0.15) is 5.10 Å². The number of hydrogen-bond donors (Lipinski definition) is 1. The smallest absolute Gasteiger partial charge is 0.240 e. The maximum atomic E-state index is 14.5. The standard InChI is InChI=1S/C31H31FN4O3S/c1-4-20(2)33-26(37)18-35-27(38)19-40-30(22-11-8-12-23(32)17-22)28-29(21-9-6-5-7-10-21)34-36(31(28)35)24-13-15-25(39-3)16-14-24/h5-17,20,30H,4,18-19H2,1-3H3,(H,33,37). The first-order chi connectivity index (χ1) is 19.4. The molecule has 1 N–H and O–H groups in total. The van der Waals surface area contributed by atoms with Crippen molar-refractivity contribution in [3.63, 3.8) is 0 Å². The van der Waals surface area contributed by atoms with Crippen molar-refractivity contribution >= 4 is 29.4 Å². The number of ether oxygens (including phenoxy) is 1. The van der Waals surface area contributed by atoms with Gasteiger partial charge in [-0.05, 0) is 55.3 Å². The van der Waals surface area contributed by atoms with Crippen molar-refractivity contribution in [1.29, 1.82) is 0 Å². The van der Waals surface area contributed by atoms with Crippen molar-refractivity contribution in [3.05, 3.63) is 95.8 Å². The number of aromatic nitrogens is 2. The number of carbonyl (C=O) groups excluding carboxylic acids is 2. The molecule has 9 heteroatoms. The zero-order chi connectivity index (χ0) is 28.2. The predicted octanol–water partition coefficient (Wildman–Crippen LogP) is 5.77. The fraction of sp³-hybridized carbons (Fsp3) is 0.258. The zero-order valence-electron chi connectivity index (χ0n) is 22.6. The monoisotopic (exact) mass is 558 g/mol. The van der Waals surface area contributed by atoms with Gasteiger partial charge in [0.2, 0.25) is 11.8 Å². The molecule has 0 spiro atoms. The van der Waals surface area contributed by atoms with Gasteiger partial charge in [-0.15, -0.1) is 11.8 Å². The second kappa shape index (κ2) is 12.0. The number of hydrogen-bond acceptors (Lipinski definition) is 5. The van der Waals surface area contributed by atoms with Crippen LogP contribution in [0.25, 0.3) is 16.9 Å². The molecule has 1 aromatic heterocycles. The Hall–Kier alpha value is -4.11. The number of fused-ring (bicyclic) bond motifs is 1. The van der Waals surface area contributed by atoms with Crippen LogP contribution in [-0.4, -0.2) is 47.0 Å². The molecule has 0 saturated heterocycles. The lowest BCUT2D eigenvalue weighted by atomic mass is 9.99. The lowest BCUT2D eigenvalue weighted by Gasteiger charge is -2.24. The summed E-state index contributed by atoms with van der Waals surface area (Å²) in [5.41, 5.74) is 3.68. The lowest BCUT2D eigenvalue weighted by Crippen LogP contribution is -2.44. The molecule has 4 aromatic rings. The van der Waals surface area contributed by atoms with E-state index in [2.05, 4.69) is 5.32 Å². The van der Waals surface area contributed by atoms with Crippen LogP contribution in [0.3, 0.4) is 0 Å². The van der Waals surface area contributed by atoms with Crippen molar-refractivity contribution in [2.75, 3.05) is 24.3 Å². The van der Waals surface area contributed by atoms with Gasteiger partial charge in [0.25, 0.3) is 0 Å². The van der Waals surface area contributed by atoms with Crippen LogP contribution in [0.15, 0.2) is 78.9 Å². The van der Waals surface area contributed by atoms with Gasteiger partial charge in [0.15, 0.2) is 0 Å². The lowest BCUT2D eigenvalue weighted by molar-refractivity contribution is -0.123. The third-order valence-corrected chi connectivity index (χ3v) is 8.18. The first kappa shape index (κ1) is 27.5. The summed E-state index contributed by atoms with van der Waals surface area (Å²) in [6.45, 7) is 3.76. The molecule has 0 saturated carbocycles. The molecule has 1 aliphatic heterocycles. The Kier molecular flexibility index (Phi) is 8.21. The van der Waals surface area contributed by atoms with Gasteiger partial charge < -0.3 is 10.1 Å². The van der Waals surface area contributed by atoms with E-state index in [0.717, 1.165) is 23.1 Å². The Labute approximate surface area is 237 Å². The maximum absolute atomic E-state index is 14.5. The summed E-state index contributed by atoms with van der Waals surface area (Å²) in [5.74, 6) is 0.449. The number of anilines is 1. The molecule has 5 rings (SSSR count). The molecular formula is C31H31FN4O3S. The van der Waals surface area contributed by atoms with Crippen LogP contribution in [0.5, 0.6) is 5.75 Å². The number of halogens is 1. The third-order valence-electron chi connectivity index (χ3n) is 6.93. The summed E-state index contributed by atoms with van der Waals surface area (Å²) in [6.07, 6.45) is 0.768. The quantitative estimate of drug-likeness (QED) is 0.297. The average molecular weight is 559 g/mol. The van der Waals surface area contributed by atoms with E-state index in [-0.39, 0.29) is 36.0 Å². The van der Waals surface area contributed by atoms with Crippen LogP contribution in [-0.2, 0) is 9.59 Å². The molecule has 2 unspecified atom stereocenters. The van der Waals surface area contributed by atoms with Gasteiger partial charge in [-0.25, -0.2) is 9.07 Å². The molecule has 206 valence electrons. The summed E-state index contributed by atoms with van der Waals surface area (Å²) in [4.78, 5) is 28.4. The summed E-state index contributed by atoms with van der Waals surface area (Å²) < 4.78 is 21.5. The van der Waals surface area contributed by atoms with Crippen LogP contribution in [0.1, 0.15) is 36.6 Å². The van der Waals surface area contributed by atoms with E-state index in [9.17, 15) is 14.0 Å². The molecule has 3 aromatic carbocycles. The Morgan fingerprint density at radius 1 is 1.12 bits per heavy atom. The average Bonchev–Trinajstić information content (AvgIpc) is 3.30. The third kappa shape index (κ3) is 5.60. The summed E-state index contributed by atoms with van der Waals surface area (Å²) >= 11 is 1.41. The van der Waals surface area contributed by atoms with Crippen molar-refractivity contribution in [2.45, 2.75) is 31.6 Å². The summed E-state index contributed by atoms with van der Waals surface area (Å²) in [7, 11) is 1.60. The van der Waals surface area contributed by atoms with Crippen molar-refractivity contribution < 1.29 is 18.7 Å². The number of carbonyl (C=O) groups is 2. The van der Waals surface area contributed by atoms with Crippen LogP contribution in [0.4, 0.5) is 10.2 Å². The Bertz CT molecular complexity index is 1510. The van der Waals surface area contributed by atoms with Gasteiger partial charge in [0, 0.05) is 17.2 Å². The number of methoxy groups -OCH3 is 1. The largest absolute Gasteiger partial charge is 0.497 e. The van der Waals surface area contributed by atoms with Crippen molar-refractivity contribution in [3.8, 4) is 22.7 Å². The molecule has 40 heavy (non-hydrogen) atoms. The predicted molar refractivity (Wildman–Crippen MR) is 157 cm³/mol. The number of thioether (sulfide) groups is 1. The second-order valence-electron chi connectivity index (χ2n) is 9.66. The SMILES string of the molecule is CCC(C)NC(=O)CN1C(=O)CSC(c2cccc(F)c2)c2c(-c3ccccc3)nn(-c3ccc(OC)cc3)c21. The highest BCUT2D eigenvalue weighted by Crippen LogP contribution is 2.48. The van der Waals surface area contributed by atoms with E-state index in [4.69, 9.17) is 9.84 Å². The van der Waals surface area contributed by atoms with E-state index in [1.165, 1.54) is 28.8 Å². The van der Waals surface area contributed by atoms with E-state index in [1.54, 1.807) is 17.9 Å². The van der Waals surface area contributed by atoms with Crippen LogP contribution in [0.2, 0.25) is 0 Å². The molecule has 0 fully saturated rings. The minimum atomic E-state index is -0.403. The number of benzene rings is 3. The van der Waals surface area contributed by atoms with Crippen molar-refractivity contribution in [1.82, 2.24) is 15.1 Å². The Morgan fingerprint density at radius 3 is 2.55 bits per heavy atom. The highest BCUT2D eigenvalue weighted by atomic mass is 32.2. The number of nitrogens with zero attached hydrogens (tertiary/aromatic N) is 3. The molecular weight excluding hydrogens is 527 g/mol. The minimum Gasteiger partial charge on any atom is -0.497 e. The number of rotatable bonds is 8. The molecule has 0 aliphatic carbocycles. The molecule has 2 heterocycles. The minimum absolute atomic E-state index is 0.0325. The van der Waals surface area contributed by atoms with Crippen LogP contribution >= 0.6 is 11.8 Å². The van der Waals surface area contributed by atoms with Gasteiger partial charge in [-0.1, -0.05) is 49.4 Å². The van der Waals surface area contributed by atoms with Gasteiger partial charge in [-0.3, -0.25) is 14.5 Å². The highest BCUT2D eigenvalue weighted by Gasteiger charge is 2.37. The number of amides is 2. The van der Waals surface area contributed by atoms with Crippen LogP contribution in [0, 0.1) is 5.82 Å². The Balaban J connectivity index is 1.77. The summed E-state index contributed by atoms with van der Waals surface area (Å²) in [5, 5.41) is 7.61. The van der Waals surface area contributed by atoms with E-state index >= 15 is 0 Å². The Morgan fingerprint density at radius 2 is 1.88 bits per heavy atom. The molecule has 2 atom stereocenters. The van der Waals surface area contributed by atoms with E-state index in [1.807, 2.05) is 74.5 Å². The van der Waals surface area contributed by atoms with Crippen molar-refractivity contribution in [2.24, 2.45) is 0 Å². The van der Waals surface area contributed by atoms with Gasteiger partial charge >= 0.3 is 0 Å². The van der Waals surface area contributed by atoms with Crippen LogP contribution < -0.4 is 15.0 Å². The normalized spacial score (nSPS) is 15.8. The zero-order valence-corrected chi connectivity index (χ0v) is 23.5. The fourth-order valence-corrected chi connectivity index (χ4v) is 5.92. The maximum Gasteiger partial charge on any atom is 0.240 e. The van der Waals surface area contributed by atoms with Gasteiger partial charge in [0.1, 0.15) is 23.9 Å². The first-order valence-electron chi connectivity index (χ1n) is 13.2. The first-order valence-corrected chi connectivity index (χ1v) is 14.2. The highest BCUT2D eigenvalue weighted by molar-refractivity contribution is 8.00.